The van der Waals surface area contributed by atoms with Crippen molar-refractivity contribution in [3.63, 3.8) is 0 Å². The number of amidine groups is 1. The van der Waals surface area contributed by atoms with Gasteiger partial charge < -0.3 is 57.1 Å². The second-order valence-corrected chi connectivity index (χ2v) is 40.3. The number of H-pyrrole nitrogens is 1. The van der Waals surface area contributed by atoms with Crippen LogP contribution in [0.3, 0.4) is 0 Å². The minimum atomic E-state index is -5.55. The summed E-state index contributed by atoms with van der Waals surface area (Å²) in [5.41, 5.74) is 13.0. The van der Waals surface area contributed by atoms with E-state index in [4.69, 9.17) is 49.3 Å². The smallest absolute Gasteiger partial charge is 0.409 e. The summed E-state index contributed by atoms with van der Waals surface area (Å²) in [5.74, 6) is 7.44. The molecule has 0 bridgehead atoms. The number of aromatic nitrogens is 18. The first kappa shape index (κ1) is 101. The highest BCUT2D eigenvalue weighted by Gasteiger charge is 2.63. The van der Waals surface area contributed by atoms with Crippen molar-refractivity contribution < 1.29 is 70.9 Å². The van der Waals surface area contributed by atoms with Crippen molar-refractivity contribution >= 4 is 105 Å². The maximum Gasteiger partial charge on any atom is 0.534 e. The molecule has 758 valence electrons. The molecule has 0 amide bonds. The first-order valence-corrected chi connectivity index (χ1v) is 49.3. The number of aromatic amines is 1. The summed E-state index contributed by atoms with van der Waals surface area (Å²) in [5, 5.41) is 23.9. The summed E-state index contributed by atoms with van der Waals surface area (Å²) in [7, 11) is -0.288. The van der Waals surface area contributed by atoms with Crippen LogP contribution >= 0.6 is 27.5 Å². The third kappa shape index (κ3) is 21.3. The molecule has 15 aromatic rings. The van der Waals surface area contributed by atoms with Crippen molar-refractivity contribution in [3.8, 4) is 0 Å². The number of hydrogen-bond acceptors (Lipinski definition) is 23. The van der Waals surface area contributed by atoms with E-state index in [1.807, 2.05) is 30.3 Å². The largest absolute Gasteiger partial charge is 0.534 e. The molecule has 6 aromatic carbocycles. The summed E-state index contributed by atoms with van der Waals surface area (Å²) in [6, 6.07) is 39.7. The van der Waals surface area contributed by atoms with Gasteiger partial charge in [0.25, 0.3) is 16.7 Å². The van der Waals surface area contributed by atoms with Gasteiger partial charge in [-0.3, -0.25) is 23.5 Å². The van der Waals surface area contributed by atoms with Crippen LogP contribution in [0.25, 0.3) is 71.0 Å². The molecule has 12 aliphatic rings. The molecule has 12 aliphatic carbocycles. The Labute approximate surface area is 850 Å². The molecule has 9 heterocycles. The van der Waals surface area contributed by atoms with Gasteiger partial charge in [-0.15, -0.1) is 11.6 Å². The number of nitrogens with two attached hydrogens (primary N) is 1. The summed E-state index contributed by atoms with van der Waals surface area (Å²) in [4.78, 5) is 83.4. The predicted octanol–water partition coefficient (Wildman–Crippen LogP) is 18.7. The van der Waals surface area contributed by atoms with Crippen molar-refractivity contribution in [2.24, 2.45) is 109 Å². The molecule has 0 unspecified atom stereocenters. The van der Waals surface area contributed by atoms with E-state index in [0.29, 0.717) is 134 Å². The van der Waals surface area contributed by atoms with Crippen LogP contribution in [0.2, 0.25) is 0 Å². The summed E-state index contributed by atoms with van der Waals surface area (Å²) in [6.07, 6.45) is 25.8. The van der Waals surface area contributed by atoms with Crippen LogP contribution < -0.4 is 22.4 Å². The second kappa shape index (κ2) is 41.4. The molecule has 44 heteroatoms. The lowest BCUT2D eigenvalue weighted by Crippen LogP contribution is -2.25. The number of halogens is 11. The number of allylic oxidation sites excluding steroid dienone is 10. The van der Waals surface area contributed by atoms with E-state index in [-0.39, 0.29) is 132 Å². The molecule has 32 nitrogen and oxygen atoms in total. The Hall–Kier alpha value is -15.6. The van der Waals surface area contributed by atoms with E-state index in [1.165, 1.54) is 105 Å². The number of rotatable bonds is 16. The highest BCUT2D eigenvalue weighted by Crippen LogP contribution is 2.66. The Morgan fingerprint density at radius 3 is 1.14 bits per heavy atom. The Bertz CT molecular complexity index is 8090. The molecule has 6 fully saturated rings. The van der Waals surface area contributed by atoms with Gasteiger partial charge in [-0.2, -0.15) is 36.5 Å². The van der Waals surface area contributed by atoms with Gasteiger partial charge in [0.15, 0.2) is 51.0 Å². The maximum atomic E-state index is 13.5. The Kier molecular flexibility index (Phi) is 28.2. The Morgan fingerprint density at radius 1 is 0.486 bits per heavy atom. The van der Waals surface area contributed by atoms with E-state index in [0.717, 1.165) is 70.2 Å². The maximum absolute atomic E-state index is 13.5. The fourth-order valence-corrected chi connectivity index (χ4v) is 21.8. The minimum Gasteiger partial charge on any atom is -0.409 e. The van der Waals surface area contributed by atoms with Gasteiger partial charge in [0.05, 0.1) is 49.0 Å². The number of fused-ring (bicyclic) bond motifs is 9. The number of aryl methyl sites for hydroxylation is 3. The standard InChI is InChI=1S/2C21H17FN6O2.C15H12ClFN2O.C13H13FN2O.C13H10FN.C8H6F3NO3S.C6H4BrF.C6H6N4O.CH4/c2*1-27-9-23-20-18(27)21(29)28(10-24-20)8-16-25-19(26-30-16)17-14-6-12(7-15(14)17)11-3-2-4-13(22)5-11;16-7-13-18-15(19-20-13)14-11-5-9(6-12(11)14)8-2-1-3-10(17)4-8;14-9-3-1-2-7(4-9)8-5-10-11(6-8)12(10)13(15)16-17;1-15-13-11-6-9(7-12(11)13)8-3-2-4-10(14)5-8;1-12-7-5-2-4(3-6(5)7)15-16(13,14)8(9,10)11;7-5-2-1-3-6(8)4-5;1-10-3-9-5-4(10)6(11)8-2-7-5;/h2*2-6,9-10,14-15,17H,7-8H2,1H3;1-5,11-12,14H,6-7H2;1-5,10-12,17H,6H2,(H2,15,16);2-6,11-13H,7H2;2,5-7H,3H2;1-4H;2-3H,1H3,(H,7,8,11);1H4/t2*14-,15+,17+;11-,12+,14+;10-,11+,12+;11-,12+,13+;5-,6+,7+;;;/m100000.../s1. The monoisotopic (exact) mass is 2120 g/mol. The van der Waals surface area contributed by atoms with Gasteiger partial charge in [0.2, 0.25) is 29.8 Å². The normalized spacial score (nSPS) is 24.3. The highest BCUT2D eigenvalue weighted by atomic mass is 79.9. The lowest BCUT2D eigenvalue weighted by Gasteiger charge is -2.10. The van der Waals surface area contributed by atoms with Crippen LogP contribution in [-0.2, 0) is 54.4 Å². The molecular formula is C104H89BrClF9N22O10S. The van der Waals surface area contributed by atoms with E-state index < -0.39 is 15.6 Å². The number of imidazole rings is 3. The zero-order chi connectivity index (χ0) is 103. The van der Waals surface area contributed by atoms with Crippen LogP contribution in [0, 0.1) is 125 Å². The highest BCUT2D eigenvalue weighted by molar-refractivity contribution is 9.10. The molecule has 148 heavy (non-hydrogen) atoms. The van der Waals surface area contributed by atoms with E-state index in [9.17, 15) is 62.3 Å². The lowest BCUT2D eigenvalue weighted by atomic mass is 10.0. The average molecular weight is 2130 g/mol. The molecule has 6 saturated carbocycles. The molecule has 0 radical (unpaired) electrons. The molecular weight excluding hydrogens is 2040 g/mol. The zero-order valence-electron chi connectivity index (χ0n) is 77.7. The van der Waals surface area contributed by atoms with Crippen LogP contribution in [0.5, 0.6) is 0 Å². The van der Waals surface area contributed by atoms with Gasteiger partial charge in [0.1, 0.15) is 78.1 Å². The fraction of sp³-hybridized carbons (Fsp3) is 0.308. The van der Waals surface area contributed by atoms with Crippen molar-refractivity contribution in [1.82, 2.24) is 88.1 Å². The first-order chi connectivity index (χ1) is 70.7. The van der Waals surface area contributed by atoms with Gasteiger partial charge in [-0.25, -0.2) is 69.4 Å². The van der Waals surface area contributed by atoms with E-state index >= 15 is 0 Å². The van der Waals surface area contributed by atoms with Crippen LogP contribution in [-0.4, -0.2) is 125 Å². The number of nitrogens with one attached hydrogen (secondary N) is 1. The number of oxime groups is 1. The third-order valence-corrected chi connectivity index (χ3v) is 30.1. The summed E-state index contributed by atoms with van der Waals surface area (Å²) in [6.45, 7) is 14.0. The van der Waals surface area contributed by atoms with Crippen LogP contribution in [0.4, 0.5) is 39.5 Å². The van der Waals surface area contributed by atoms with Crippen LogP contribution in [0.15, 0.2) is 263 Å². The minimum absolute atomic E-state index is 0. The fourth-order valence-electron chi connectivity index (χ4n) is 20.8. The molecule has 0 aliphatic heterocycles. The molecule has 4 N–H and O–H groups in total. The zero-order valence-corrected chi connectivity index (χ0v) is 80.9. The topological polar surface area (TPSA) is 396 Å². The van der Waals surface area contributed by atoms with Gasteiger partial charge in [0, 0.05) is 55.7 Å². The molecule has 18 atom stereocenters. The van der Waals surface area contributed by atoms with Crippen LogP contribution in [0.1, 0.15) is 127 Å². The van der Waals surface area contributed by atoms with Crippen molar-refractivity contribution in [2.45, 2.75) is 100 Å². The van der Waals surface area contributed by atoms with Gasteiger partial charge >= 0.3 is 15.6 Å². The SMILES string of the molecule is C.Cn1cnc2nc[nH]c(=O)c21.Cn1cnc2ncn(Cc3nc([C@@H]4[C@H]5C=C(c6cccc(F)c6)C[C@H]54)no3)c(=O)c21.Cn1cnc2ncn(Cc3nc([C@H]4[C@@H]5C=C(c6cccc(F)c6)C[C@@H]54)no3)c(=O)c21.Fc1cccc(Br)c1.Fc1cccc(C2=C[C@H]3[C@@H](C2)[C@@H]3c2noc(CCl)n2)c1.N/C(=N\O)[C@@H]1[C@H]2C=C(c3cccc(F)c3)C[C@H]21.[C-]#[N+][C@@H]1[C@H]2C=C(OS(=O)(=O)C(F)(F)F)C[C@H]21.[C-]#[N+][C@@H]1[C@H]2C=C(c3cccc(F)c3)C[C@H]21. The molecule has 0 spiro atoms. The van der Waals surface area contributed by atoms with Gasteiger partial charge in [-0.1, -0.05) is 141 Å². The molecule has 0 saturated heterocycles. The van der Waals surface area contributed by atoms with E-state index in [2.05, 4.69) is 131 Å². The van der Waals surface area contributed by atoms with Crippen molar-refractivity contribution in [3.05, 3.63) is 382 Å². The second-order valence-electron chi connectivity index (χ2n) is 37.5. The Balaban J connectivity index is 0.000000110. The third-order valence-electron chi connectivity index (χ3n) is 28.4. The lowest BCUT2D eigenvalue weighted by molar-refractivity contribution is -0.0523. The van der Waals surface area contributed by atoms with Crippen molar-refractivity contribution in [1.29, 1.82) is 0 Å². The van der Waals surface area contributed by atoms with Crippen molar-refractivity contribution in [2.75, 3.05) is 0 Å². The van der Waals surface area contributed by atoms with E-state index in [1.54, 1.807) is 127 Å². The van der Waals surface area contributed by atoms with Gasteiger partial charge in [-0.05, 0) is 220 Å². The number of alkyl halides is 4. The summed E-state index contributed by atoms with van der Waals surface area (Å²) < 4.78 is 164. The quantitative estimate of drug-likeness (QED) is 0.00930. The number of benzene rings is 6. The first-order valence-electron chi connectivity index (χ1n) is 46.5. The predicted molar refractivity (Wildman–Crippen MR) is 528 cm³/mol. The number of nitrogens with zero attached hydrogens (tertiary/aromatic N) is 20. The molecule has 9 aromatic heterocycles. The average Bonchev–Trinajstić information content (AvgIpc) is 1.58. The molecule has 27 rings (SSSR count). The number of hydrogen-bond donors (Lipinski definition) is 3. The summed E-state index contributed by atoms with van der Waals surface area (Å²) >= 11 is 8.78. The Morgan fingerprint density at radius 2 is 0.831 bits per heavy atom.